The summed E-state index contributed by atoms with van der Waals surface area (Å²) in [5, 5.41) is 3.50. The van der Waals surface area contributed by atoms with Crippen molar-refractivity contribution in [2.75, 3.05) is 0 Å². The summed E-state index contributed by atoms with van der Waals surface area (Å²) in [7, 11) is 0. The average Bonchev–Trinajstić information content (AvgIpc) is 2.44. The predicted octanol–water partition coefficient (Wildman–Crippen LogP) is 4.92. The van der Waals surface area contributed by atoms with Crippen molar-refractivity contribution in [1.82, 2.24) is 5.32 Å². The van der Waals surface area contributed by atoms with Crippen molar-refractivity contribution in [1.29, 1.82) is 0 Å². The summed E-state index contributed by atoms with van der Waals surface area (Å²) in [6.07, 6.45) is 0. The van der Waals surface area contributed by atoms with E-state index in [2.05, 4.69) is 66.3 Å². The molecule has 0 heterocycles. The monoisotopic (exact) mass is 347 g/mol. The van der Waals surface area contributed by atoms with Gasteiger partial charge < -0.3 is 10.1 Å². The van der Waals surface area contributed by atoms with E-state index < -0.39 is 0 Å². The van der Waals surface area contributed by atoms with Crippen LogP contribution in [0.2, 0.25) is 0 Å². The van der Waals surface area contributed by atoms with Gasteiger partial charge in [-0.3, -0.25) is 0 Å². The number of rotatable bonds is 5. The van der Waals surface area contributed by atoms with E-state index in [0.717, 1.165) is 16.8 Å². The van der Waals surface area contributed by atoms with Gasteiger partial charge in [0.15, 0.2) is 0 Å². The van der Waals surface area contributed by atoms with Gasteiger partial charge in [-0.2, -0.15) is 0 Å². The second kappa shape index (κ2) is 7.10. The first-order valence-corrected chi connectivity index (χ1v) is 7.93. The van der Waals surface area contributed by atoms with Gasteiger partial charge in [0.25, 0.3) is 0 Å². The highest BCUT2D eigenvalue weighted by atomic mass is 79.9. The molecule has 0 saturated heterocycles. The van der Waals surface area contributed by atoms with Crippen LogP contribution in [0.25, 0.3) is 0 Å². The predicted molar refractivity (Wildman–Crippen MR) is 91.5 cm³/mol. The molecule has 0 amide bonds. The van der Waals surface area contributed by atoms with Crippen molar-refractivity contribution in [3.05, 3.63) is 64.1 Å². The number of ether oxygens (including phenoxy) is 1. The molecule has 21 heavy (non-hydrogen) atoms. The Bertz CT molecular complexity index is 590. The largest absolute Gasteiger partial charge is 0.488 e. The molecule has 0 saturated carbocycles. The Hall–Kier alpha value is -1.32. The molecule has 0 fully saturated rings. The molecule has 1 N–H and O–H groups in total. The van der Waals surface area contributed by atoms with E-state index in [1.807, 2.05) is 24.3 Å². The van der Waals surface area contributed by atoms with Crippen LogP contribution in [-0.2, 0) is 13.2 Å². The lowest BCUT2D eigenvalue weighted by atomic mass is 10.1. The zero-order valence-corrected chi connectivity index (χ0v) is 14.4. The highest BCUT2D eigenvalue weighted by molar-refractivity contribution is 9.10. The fourth-order valence-electron chi connectivity index (χ4n) is 1.92. The smallest absolute Gasteiger partial charge is 0.133 e. The highest BCUT2D eigenvalue weighted by Crippen LogP contribution is 2.24. The second-order valence-corrected chi connectivity index (χ2v) is 7.00. The Morgan fingerprint density at radius 2 is 1.71 bits per heavy atom. The molecule has 2 nitrogen and oxygen atoms in total. The van der Waals surface area contributed by atoms with E-state index in [0.29, 0.717) is 6.61 Å². The minimum absolute atomic E-state index is 0.126. The molecular weight excluding hydrogens is 326 g/mol. The van der Waals surface area contributed by atoms with Crippen LogP contribution in [0.5, 0.6) is 5.75 Å². The van der Waals surface area contributed by atoms with Crippen LogP contribution in [0.1, 0.15) is 31.9 Å². The molecule has 2 rings (SSSR count). The van der Waals surface area contributed by atoms with Gasteiger partial charge in [0, 0.05) is 12.1 Å². The molecule has 3 heteroatoms. The van der Waals surface area contributed by atoms with Crippen LogP contribution in [-0.4, -0.2) is 5.54 Å². The van der Waals surface area contributed by atoms with E-state index in [4.69, 9.17) is 4.74 Å². The topological polar surface area (TPSA) is 21.3 Å². The quantitative estimate of drug-likeness (QED) is 0.828. The third-order valence-corrected chi connectivity index (χ3v) is 3.70. The fourth-order valence-corrected chi connectivity index (χ4v) is 2.32. The minimum Gasteiger partial charge on any atom is -0.488 e. The van der Waals surface area contributed by atoms with Gasteiger partial charge in [-0.1, -0.05) is 36.4 Å². The minimum atomic E-state index is 0.126. The molecule has 0 radical (unpaired) electrons. The third kappa shape index (κ3) is 5.52. The van der Waals surface area contributed by atoms with Crippen molar-refractivity contribution in [2.24, 2.45) is 0 Å². The first-order valence-electron chi connectivity index (χ1n) is 7.14. The van der Waals surface area contributed by atoms with Gasteiger partial charge in [-0.25, -0.2) is 0 Å². The molecular formula is C18H22BrNO. The van der Waals surface area contributed by atoms with E-state index in [9.17, 15) is 0 Å². The summed E-state index contributed by atoms with van der Waals surface area (Å²) in [5.41, 5.74) is 2.58. The Morgan fingerprint density at radius 1 is 1.00 bits per heavy atom. The van der Waals surface area contributed by atoms with E-state index in [-0.39, 0.29) is 5.54 Å². The Morgan fingerprint density at radius 3 is 2.43 bits per heavy atom. The molecule has 0 aliphatic heterocycles. The maximum Gasteiger partial charge on any atom is 0.133 e. The molecule has 0 atom stereocenters. The van der Waals surface area contributed by atoms with Crippen molar-refractivity contribution in [3.63, 3.8) is 0 Å². The summed E-state index contributed by atoms with van der Waals surface area (Å²) >= 11 is 3.50. The van der Waals surface area contributed by atoms with Crippen molar-refractivity contribution in [2.45, 2.75) is 39.5 Å². The molecule has 0 aromatic heterocycles. The first-order chi connectivity index (χ1) is 9.94. The van der Waals surface area contributed by atoms with Gasteiger partial charge in [0.2, 0.25) is 0 Å². The summed E-state index contributed by atoms with van der Waals surface area (Å²) in [4.78, 5) is 0. The maximum atomic E-state index is 5.86. The number of halogens is 1. The van der Waals surface area contributed by atoms with Crippen LogP contribution in [0.3, 0.4) is 0 Å². The Balaban J connectivity index is 1.96. The lowest BCUT2D eigenvalue weighted by Gasteiger charge is -2.20. The normalized spacial score (nSPS) is 11.4. The SMILES string of the molecule is CC(C)(C)NCc1cccc(COc2ccccc2Br)c1. The number of benzene rings is 2. The third-order valence-electron chi connectivity index (χ3n) is 3.05. The average molecular weight is 348 g/mol. The van der Waals surface area contributed by atoms with Gasteiger partial charge in [0.05, 0.1) is 4.47 Å². The van der Waals surface area contributed by atoms with Gasteiger partial charge >= 0.3 is 0 Å². The highest BCUT2D eigenvalue weighted by Gasteiger charge is 2.08. The Labute approximate surface area is 135 Å². The summed E-state index contributed by atoms with van der Waals surface area (Å²) in [5.74, 6) is 0.871. The second-order valence-electron chi connectivity index (χ2n) is 6.14. The van der Waals surface area contributed by atoms with E-state index >= 15 is 0 Å². The number of hydrogen-bond donors (Lipinski definition) is 1. The van der Waals surface area contributed by atoms with Crippen LogP contribution < -0.4 is 10.1 Å². The fraction of sp³-hybridized carbons (Fsp3) is 0.333. The van der Waals surface area contributed by atoms with Crippen LogP contribution in [0.15, 0.2) is 53.0 Å². The summed E-state index contributed by atoms with van der Waals surface area (Å²) in [6, 6.07) is 16.4. The van der Waals surface area contributed by atoms with Crippen LogP contribution >= 0.6 is 15.9 Å². The zero-order chi connectivity index (χ0) is 15.3. The lowest BCUT2D eigenvalue weighted by molar-refractivity contribution is 0.304. The Kier molecular flexibility index (Phi) is 5.43. The number of hydrogen-bond acceptors (Lipinski definition) is 2. The molecule has 2 aromatic rings. The van der Waals surface area contributed by atoms with Crippen LogP contribution in [0, 0.1) is 0 Å². The molecule has 0 spiro atoms. The number of para-hydroxylation sites is 1. The van der Waals surface area contributed by atoms with Crippen molar-refractivity contribution < 1.29 is 4.74 Å². The molecule has 2 aromatic carbocycles. The summed E-state index contributed by atoms with van der Waals surface area (Å²) in [6.45, 7) is 7.96. The zero-order valence-electron chi connectivity index (χ0n) is 12.8. The molecule has 0 aliphatic rings. The van der Waals surface area contributed by atoms with Crippen molar-refractivity contribution in [3.8, 4) is 5.75 Å². The summed E-state index contributed by atoms with van der Waals surface area (Å²) < 4.78 is 6.84. The van der Waals surface area contributed by atoms with E-state index in [1.54, 1.807) is 0 Å². The van der Waals surface area contributed by atoms with Gasteiger partial charge in [-0.05, 0) is 60.0 Å². The number of nitrogens with one attached hydrogen (secondary N) is 1. The van der Waals surface area contributed by atoms with Gasteiger partial charge in [-0.15, -0.1) is 0 Å². The molecule has 112 valence electrons. The molecule has 0 unspecified atom stereocenters. The molecule has 0 aliphatic carbocycles. The first kappa shape index (κ1) is 16.1. The van der Waals surface area contributed by atoms with Gasteiger partial charge in [0.1, 0.15) is 12.4 Å². The lowest BCUT2D eigenvalue weighted by Crippen LogP contribution is -2.35. The van der Waals surface area contributed by atoms with Crippen LogP contribution in [0.4, 0.5) is 0 Å². The molecule has 0 bridgehead atoms. The van der Waals surface area contributed by atoms with Crippen molar-refractivity contribution >= 4 is 15.9 Å². The maximum absolute atomic E-state index is 5.86. The van der Waals surface area contributed by atoms with E-state index in [1.165, 1.54) is 11.1 Å². The standard InChI is InChI=1S/C18H22BrNO/c1-18(2,3)20-12-14-7-6-8-15(11-14)13-21-17-10-5-4-9-16(17)19/h4-11,20H,12-13H2,1-3H3.